The highest BCUT2D eigenvalue weighted by atomic mass is 16.4. The molecule has 0 aliphatic rings. The molecule has 0 saturated carbocycles. The number of hydrogen-bond donors (Lipinski definition) is 4. The molecule has 4 N–H and O–H groups in total. The molecule has 0 unspecified atom stereocenters. The van der Waals surface area contributed by atoms with Crippen LogP contribution in [0.4, 0.5) is 0 Å². The summed E-state index contributed by atoms with van der Waals surface area (Å²) in [7, 11) is 0. The van der Waals surface area contributed by atoms with Gasteiger partial charge in [0.25, 0.3) is 0 Å². The van der Waals surface area contributed by atoms with Crippen LogP contribution in [0, 0.1) is 5.92 Å². The van der Waals surface area contributed by atoms with Crippen LogP contribution in [0.15, 0.2) is 11.6 Å². The van der Waals surface area contributed by atoms with Gasteiger partial charge in [-0.2, -0.15) is 0 Å². The van der Waals surface area contributed by atoms with Crippen molar-refractivity contribution in [2.24, 2.45) is 5.92 Å². The van der Waals surface area contributed by atoms with Gasteiger partial charge in [0.2, 0.25) is 0 Å². The van der Waals surface area contributed by atoms with Crippen LogP contribution < -0.4 is 0 Å². The first kappa shape index (κ1) is 17.0. The van der Waals surface area contributed by atoms with Gasteiger partial charge in [0.15, 0.2) is 5.92 Å². The largest absolute Gasteiger partial charge is 0.481 e. The topological polar surface area (TPSA) is 149 Å². The van der Waals surface area contributed by atoms with E-state index in [0.717, 1.165) is 6.92 Å². The summed E-state index contributed by atoms with van der Waals surface area (Å²) < 4.78 is 0. The monoisotopic (exact) mass is 248 g/mol. The van der Waals surface area contributed by atoms with E-state index in [2.05, 4.69) is 0 Å². The van der Waals surface area contributed by atoms with Gasteiger partial charge in [-0.25, -0.2) is 9.59 Å². The van der Waals surface area contributed by atoms with Gasteiger partial charge in [-0.05, 0) is 13.8 Å². The van der Waals surface area contributed by atoms with E-state index in [1.165, 1.54) is 6.92 Å². The molecule has 8 nitrogen and oxygen atoms in total. The lowest BCUT2D eigenvalue weighted by molar-refractivity contribution is -0.153. The summed E-state index contributed by atoms with van der Waals surface area (Å²) in [5, 5.41) is 32.0. The molecule has 17 heavy (non-hydrogen) atoms. The van der Waals surface area contributed by atoms with Crippen LogP contribution in [-0.2, 0) is 19.2 Å². The minimum Gasteiger partial charge on any atom is -0.481 e. The van der Waals surface area contributed by atoms with Gasteiger partial charge in [-0.1, -0.05) is 0 Å². The number of carbonyl (C=O) groups is 4. The summed E-state index contributed by atoms with van der Waals surface area (Å²) in [5.41, 5.74) is -0.178. The molecule has 0 amide bonds. The highest BCUT2D eigenvalue weighted by molar-refractivity contribution is 5.94. The van der Waals surface area contributed by atoms with Gasteiger partial charge in [0.1, 0.15) is 0 Å². The SMILES string of the molecule is CC(=CC(=O)O)C(=O)O.CC(C(=O)O)C(=O)O. The summed E-state index contributed by atoms with van der Waals surface area (Å²) in [6.45, 7) is 2.33. The van der Waals surface area contributed by atoms with Crippen molar-refractivity contribution in [3.8, 4) is 0 Å². The van der Waals surface area contributed by atoms with Gasteiger partial charge in [-0.3, -0.25) is 9.59 Å². The molecule has 0 atom stereocenters. The minimum absolute atomic E-state index is 0.178. The second-order valence-corrected chi connectivity index (χ2v) is 2.87. The molecule has 96 valence electrons. The summed E-state index contributed by atoms with van der Waals surface area (Å²) in [5.74, 6) is -6.36. The second kappa shape index (κ2) is 7.85. The zero-order chi connectivity index (χ0) is 14.2. The quantitative estimate of drug-likeness (QED) is 0.397. The molecule has 0 bridgehead atoms. The number of rotatable bonds is 4. The molecular weight excluding hydrogens is 236 g/mol. The molecule has 0 radical (unpaired) electrons. The van der Waals surface area contributed by atoms with Crippen molar-refractivity contribution < 1.29 is 39.6 Å². The number of hydrogen-bond acceptors (Lipinski definition) is 4. The lowest BCUT2D eigenvalue weighted by atomic mass is 10.2. The maximum atomic E-state index is 9.90. The molecule has 0 aromatic rings. The van der Waals surface area contributed by atoms with Crippen molar-refractivity contribution >= 4 is 23.9 Å². The maximum absolute atomic E-state index is 9.90. The third kappa shape index (κ3) is 9.91. The third-order valence-electron chi connectivity index (χ3n) is 1.42. The zero-order valence-corrected chi connectivity index (χ0v) is 9.08. The van der Waals surface area contributed by atoms with Gasteiger partial charge in [-0.15, -0.1) is 0 Å². The average Bonchev–Trinajstić information content (AvgIpc) is 2.15. The van der Waals surface area contributed by atoms with Crippen LogP contribution in [0.2, 0.25) is 0 Å². The van der Waals surface area contributed by atoms with Crippen LogP contribution in [0.25, 0.3) is 0 Å². The molecule has 8 heteroatoms. The predicted octanol–water partition coefficient (Wildman–Crippen LogP) is -0.106. The Bertz CT molecular complexity index is 340. The predicted molar refractivity (Wildman–Crippen MR) is 53.5 cm³/mol. The van der Waals surface area contributed by atoms with Crippen molar-refractivity contribution in [1.29, 1.82) is 0 Å². The Kier molecular flexibility index (Phi) is 7.87. The van der Waals surface area contributed by atoms with Crippen LogP contribution in [-0.4, -0.2) is 44.3 Å². The fourth-order valence-corrected chi connectivity index (χ4v) is 0.353. The Balaban J connectivity index is 0. The Morgan fingerprint density at radius 2 is 1.29 bits per heavy atom. The van der Waals surface area contributed by atoms with Gasteiger partial charge < -0.3 is 20.4 Å². The molecule has 0 aliphatic heterocycles. The zero-order valence-electron chi connectivity index (χ0n) is 9.08. The van der Waals surface area contributed by atoms with Crippen molar-refractivity contribution in [3.63, 3.8) is 0 Å². The highest BCUT2D eigenvalue weighted by Gasteiger charge is 2.18. The van der Waals surface area contributed by atoms with E-state index in [1.807, 2.05) is 0 Å². The van der Waals surface area contributed by atoms with E-state index < -0.39 is 29.8 Å². The standard InChI is InChI=1S/C5H6O4.C4H6O4/c1-3(5(8)9)2-4(6)7;1-2(3(5)6)4(7)8/h2H,1H3,(H,6,7)(H,8,9);2H,1H3,(H,5,6)(H,7,8). The summed E-state index contributed by atoms with van der Waals surface area (Å²) in [4.78, 5) is 39.2. The number of aliphatic carboxylic acids is 4. The Labute approximate surface area is 95.8 Å². The molecule has 0 saturated heterocycles. The van der Waals surface area contributed by atoms with Crippen LogP contribution >= 0.6 is 0 Å². The van der Waals surface area contributed by atoms with Crippen LogP contribution in [0.3, 0.4) is 0 Å². The molecule has 0 fully saturated rings. The second-order valence-electron chi connectivity index (χ2n) is 2.87. The molecule has 0 aromatic heterocycles. The number of carboxylic acids is 4. The van der Waals surface area contributed by atoms with Gasteiger partial charge in [0.05, 0.1) is 0 Å². The van der Waals surface area contributed by atoms with E-state index in [1.54, 1.807) is 0 Å². The van der Waals surface area contributed by atoms with Crippen molar-refractivity contribution in [2.45, 2.75) is 13.8 Å². The summed E-state index contributed by atoms with van der Waals surface area (Å²) in [6, 6.07) is 0. The molecule has 0 aromatic carbocycles. The van der Waals surface area contributed by atoms with E-state index >= 15 is 0 Å². The lowest BCUT2D eigenvalue weighted by Crippen LogP contribution is -2.19. The smallest absolute Gasteiger partial charge is 0.331 e. The summed E-state index contributed by atoms with van der Waals surface area (Å²) >= 11 is 0. The normalized spacial score (nSPS) is 10.2. The molecule has 0 aliphatic carbocycles. The fourth-order valence-electron chi connectivity index (χ4n) is 0.353. The number of carboxylic acid groups (broad SMARTS) is 4. The van der Waals surface area contributed by atoms with E-state index in [9.17, 15) is 19.2 Å². The van der Waals surface area contributed by atoms with E-state index in [4.69, 9.17) is 20.4 Å². The Hall–Kier alpha value is -2.38. The first-order chi connectivity index (χ1) is 7.59. The lowest BCUT2D eigenvalue weighted by Gasteiger charge is -1.94. The Morgan fingerprint density at radius 1 is 0.941 bits per heavy atom. The minimum atomic E-state index is -1.31. The Morgan fingerprint density at radius 3 is 1.35 bits per heavy atom. The third-order valence-corrected chi connectivity index (χ3v) is 1.42. The van der Waals surface area contributed by atoms with E-state index in [-0.39, 0.29) is 5.57 Å². The van der Waals surface area contributed by atoms with Gasteiger partial charge >= 0.3 is 23.9 Å². The molecule has 0 heterocycles. The molecular formula is C9H12O8. The maximum Gasteiger partial charge on any atom is 0.331 e. The fraction of sp³-hybridized carbons (Fsp3) is 0.333. The summed E-state index contributed by atoms with van der Waals surface area (Å²) in [6.07, 6.45) is 0.641. The van der Waals surface area contributed by atoms with Crippen molar-refractivity contribution in [3.05, 3.63) is 11.6 Å². The molecule has 0 spiro atoms. The van der Waals surface area contributed by atoms with Crippen LogP contribution in [0.5, 0.6) is 0 Å². The van der Waals surface area contributed by atoms with E-state index in [0.29, 0.717) is 6.08 Å². The first-order valence-corrected chi connectivity index (χ1v) is 4.19. The first-order valence-electron chi connectivity index (χ1n) is 4.19. The molecule has 0 rings (SSSR count). The van der Waals surface area contributed by atoms with Crippen LogP contribution in [0.1, 0.15) is 13.8 Å². The van der Waals surface area contributed by atoms with Crippen molar-refractivity contribution in [1.82, 2.24) is 0 Å². The van der Waals surface area contributed by atoms with Crippen molar-refractivity contribution in [2.75, 3.05) is 0 Å². The average molecular weight is 248 g/mol. The van der Waals surface area contributed by atoms with Gasteiger partial charge in [0, 0.05) is 11.6 Å². The highest BCUT2D eigenvalue weighted by Crippen LogP contribution is 1.91.